The molecule has 7 nitrogen and oxygen atoms in total. The van der Waals surface area contributed by atoms with E-state index in [9.17, 15) is 0 Å². The lowest BCUT2D eigenvalue weighted by molar-refractivity contribution is 1.14. The van der Waals surface area contributed by atoms with Gasteiger partial charge in [0, 0.05) is 83.5 Å². The molecule has 0 radical (unpaired) electrons. The van der Waals surface area contributed by atoms with Crippen molar-refractivity contribution in [2.75, 3.05) is 17.2 Å². The number of H-pyrrole nitrogens is 4. The van der Waals surface area contributed by atoms with Crippen LogP contribution in [0.5, 0.6) is 0 Å². The van der Waals surface area contributed by atoms with Crippen molar-refractivity contribution >= 4 is 39.4 Å². The lowest BCUT2D eigenvalue weighted by atomic mass is 10.0. The fraction of sp³-hybridized carbons (Fsp3) is 0.0435. The maximum atomic E-state index is 6.18. The molecule has 0 unspecified atom stereocenters. The quantitative estimate of drug-likeness (QED) is 0.118. The Kier molecular flexibility index (Phi) is 7.74. The number of aryl methyl sites for hydroxylation is 1. The average molecular weight is 690 g/mol. The normalized spacial score (nSPS) is 12.8. The van der Waals surface area contributed by atoms with Gasteiger partial charge in [-0.1, -0.05) is 67.6 Å². The number of aromatic nitrogens is 4. The van der Waals surface area contributed by atoms with E-state index in [-0.39, 0.29) is 0 Å². The zero-order valence-corrected chi connectivity index (χ0v) is 29.3. The molecule has 258 valence electrons. The summed E-state index contributed by atoms with van der Waals surface area (Å²) in [6, 6.07) is 50.2. The van der Waals surface area contributed by atoms with Crippen LogP contribution in [0.1, 0.15) is 57.5 Å². The lowest BCUT2D eigenvalue weighted by Crippen LogP contribution is -2.19. The van der Waals surface area contributed by atoms with Gasteiger partial charge < -0.3 is 37.1 Å². The highest BCUT2D eigenvalue weighted by molar-refractivity contribution is 5.85. The average Bonchev–Trinajstić information content (AvgIpc) is 4.02. The lowest BCUT2D eigenvalue weighted by Gasteiger charge is -2.10. The Morgan fingerprint density at radius 3 is 0.849 bits per heavy atom. The van der Waals surface area contributed by atoms with Crippen LogP contribution in [0, 0.1) is 0 Å². The predicted octanol–water partition coefficient (Wildman–Crippen LogP) is 5.61. The topological polar surface area (TPSA) is 141 Å². The van der Waals surface area contributed by atoms with E-state index < -0.39 is 0 Å². The molecule has 53 heavy (non-hydrogen) atoms. The molecule has 7 heteroatoms. The Morgan fingerprint density at radius 1 is 0.321 bits per heavy atom. The third-order valence-electron chi connectivity index (χ3n) is 10.1. The molecule has 1 aliphatic heterocycles. The number of hydrogen-bond acceptors (Lipinski definition) is 3. The molecule has 0 saturated carbocycles. The molecule has 9 rings (SSSR count). The molecule has 0 fully saturated rings. The summed E-state index contributed by atoms with van der Waals surface area (Å²) in [6.45, 7) is 2.18. The monoisotopic (exact) mass is 689 g/mol. The fourth-order valence-electron chi connectivity index (χ4n) is 7.43. The van der Waals surface area contributed by atoms with Crippen molar-refractivity contribution in [1.82, 2.24) is 19.9 Å². The van der Waals surface area contributed by atoms with Crippen molar-refractivity contribution in [3.63, 3.8) is 0 Å². The third-order valence-corrected chi connectivity index (χ3v) is 10.1. The van der Waals surface area contributed by atoms with Crippen molar-refractivity contribution in [1.29, 1.82) is 0 Å². The second-order valence-electron chi connectivity index (χ2n) is 13.6. The second kappa shape index (κ2) is 12.9. The molecule has 0 saturated heterocycles. The molecule has 0 atom stereocenters. The standard InChI is InChI=1S/C46H39N7/c1-2-27-3-5-28(6-4-27)43-35-19-21-37(50-35)44(29-7-13-32(47)14-8-29)39-23-25-41(52-39)46(31-11-17-34(49)18-12-31)42-26-24-40(53-42)45(38-22-20-36(43)51-38)30-9-15-33(48)16-10-30/h3-26,50-53H,2,47-49H2,1H3. The van der Waals surface area contributed by atoms with E-state index in [1.54, 1.807) is 0 Å². The number of benzene rings is 4. The number of rotatable bonds is 5. The number of nitrogens with two attached hydrogens (primary N) is 3. The van der Waals surface area contributed by atoms with Crippen LogP contribution in [0.2, 0.25) is 0 Å². The maximum absolute atomic E-state index is 6.18. The molecule has 1 aliphatic rings. The Morgan fingerprint density at radius 2 is 0.585 bits per heavy atom. The highest BCUT2D eigenvalue weighted by Gasteiger charge is 2.18. The van der Waals surface area contributed by atoms with E-state index in [4.69, 9.17) is 17.2 Å². The number of hydrogen-bond donors (Lipinski definition) is 7. The molecular weight excluding hydrogens is 651 g/mol. The van der Waals surface area contributed by atoms with E-state index in [1.165, 1.54) is 5.56 Å². The van der Waals surface area contributed by atoms with E-state index >= 15 is 0 Å². The van der Waals surface area contributed by atoms with Crippen LogP contribution in [0.4, 0.5) is 17.1 Å². The van der Waals surface area contributed by atoms with Gasteiger partial charge in [-0.05, 0) is 119 Å². The zero-order chi connectivity index (χ0) is 36.1. The second-order valence-corrected chi connectivity index (χ2v) is 13.6. The van der Waals surface area contributed by atoms with E-state index in [2.05, 4.69) is 136 Å². The van der Waals surface area contributed by atoms with Crippen molar-refractivity contribution in [3.05, 3.63) is 218 Å². The number of anilines is 3. The molecular formula is C46H39N7. The summed E-state index contributed by atoms with van der Waals surface area (Å²) in [4.78, 5) is 15.3. The summed E-state index contributed by atoms with van der Waals surface area (Å²) < 4.78 is 0. The Bertz CT molecular complexity index is 2860. The van der Waals surface area contributed by atoms with Gasteiger partial charge in [-0.3, -0.25) is 0 Å². The Hall–Kier alpha value is -7.12. The maximum Gasteiger partial charge on any atom is 0.0485 e. The zero-order valence-electron chi connectivity index (χ0n) is 29.3. The largest absolute Gasteiger partial charge is 0.399 e. The van der Waals surface area contributed by atoms with Crippen molar-refractivity contribution in [2.45, 2.75) is 13.3 Å². The van der Waals surface area contributed by atoms with Gasteiger partial charge in [0.1, 0.15) is 0 Å². The van der Waals surface area contributed by atoms with Crippen LogP contribution in [0.15, 0.2) is 146 Å². The smallest absolute Gasteiger partial charge is 0.0485 e. The van der Waals surface area contributed by atoms with Crippen LogP contribution in [-0.2, 0) is 6.42 Å². The van der Waals surface area contributed by atoms with Gasteiger partial charge >= 0.3 is 0 Å². The molecule has 4 aromatic carbocycles. The minimum absolute atomic E-state index is 0.711. The SMILES string of the molecule is CCc1ccc(C2=c3ccc([nH]3)=C(c3ccc(N)cc3)c3ccc([nH]3)C(c3ccc(N)cc3)=c3ccc([nH]3)=C(c3ccc(N)cc3)c3ccc2[nH]3)cc1. The molecule has 0 aliphatic carbocycles. The number of fused-ring (bicyclic) bond motifs is 8. The summed E-state index contributed by atoms with van der Waals surface area (Å²) in [7, 11) is 0. The summed E-state index contributed by atoms with van der Waals surface area (Å²) >= 11 is 0. The minimum Gasteiger partial charge on any atom is -0.399 e. The third kappa shape index (κ3) is 5.84. The van der Waals surface area contributed by atoms with Crippen LogP contribution >= 0.6 is 0 Å². The van der Waals surface area contributed by atoms with Crippen LogP contribution in [-0.4, -0.2) is 19.9 Å². The highest BCUT2D eigenvalue weighted by Crippen LogP contribution is 2.29. The first-order valence-corrected chi connectivity index (χ1v) is 17.9. The molecule has 8 bridgehead atoms. The number of nitrogens with one attached hydrogen (secondary N) is 4. The van der Waals surface area contributed by atoms with Crippen LogP contribution in [0.25, 0.3) is 22.3 Å². The van der Waals surface area contributed by atoms with Crippen LogP contribution in [0.3, 0.4) is 0 Å². The van der Waals surface area contributed by atoms with Gasteiger partial charge in [0.25, 0.3) is 0 Å². The molecule has 10 N–H and O–H groups in total. The molecule has 8 aromatic rings. The molecule has 0 amide bonds. The van der Waals surface area contributed by atoms with E-state index in [1.807, 2.05) is 36.4 Å². The van der Waals surface area contributed by atoms with Crippen LogP contribution < -0.4 is 38.6 Å². The minimum atomic E-state index is 0.711. The van der Waals surface area contributed by atoms with Crippen molar-refractivity contribution in [2.24, 2.45) is 0 Å². The summed E-state index contributed by atoms with van der Waals surface area (Å²) in [5, 5.41) is 3.90. The molecule has 0 spiro atoms. The van der Waals surface area contributed by atoms with Gasteiger partial charge in [-0.2, -0.15) is 0 Å². The Labute approximate surface area is 306 Å². The number of nitrogen functional groups attached to an aromatic ring is 3. The predicted molar refractivity (Wildman–Crippen MR) is 217 cm³/mol. The van der Waals surface area contributed by atoms with Gasteiger partial charge in [0.05, 0.1) is 0 Å². The first kappa shape index (κ1) is 31.8. The van der Waals surface area contributed by atoms with Gasteiger partial charge in [-0.25, -0.2) is 0 Å². The summed E-state index contributed by atoms with van der Waals surface area (Å²) in [6.07, 6.45) is 0.975. The number of aromatic amines is 4. The van der Waals surface area contributed by atoms with E-state index in [0.29, 0.717) is 17.1 Å². The summed E-state index contributed by atoms with van der Waals surface area (Å²) in [5.74, 6) is 0. The van der Waals surface area contributed by atoms with Crippen molar-refractivity contribution < 1.29 is 0 Å². The first-order valence-electron chi connectivity index (χ1n) is 17.9. The van der Waals surface area contributed by atoms with Crippen molar-refractivity contribution in [3.8, 4) is 0 Å². The summed E-state index contributed by atoms with van der Waals surface area (Å²) in [5.41, 5.74) is 34.2. The van der Waals surface area contributed by atoms with Gasteiger partial charge in [0.15, 0.2) is 0 Å². The Balaban J connectivity index is 1.42. The molecule has 4 aromatic heterocycles. The fourth-order valence-corrected chi connectivity index (χ4v) is 7.43. The van der Waals surface area contributed by atoms with Gasteiger partial charge in [0.2, 0.25) is 0 Å². The van der Waals surface area contributed by atoms with Gasteiger partial charge in [-0.15, -0.1) is 0 Å². The molecule has 5 heterocycles. The highest BCUT2D eigenvalue weighted by atomic mass is 14.8. The first-order chi connectivity index (χ1) is 25.9. The van der Waals surface area contributed by atoms with E-state index in [0.717, 1.165) is 95.1 Å².